The third kappa shape index (κ3) is 2.53. The molecule has 88 valence electrons. The smallest absolute Gasteiger partial charge is 0.128 e. The van der Waals surface area contributed by atoms with Crippen LogP contribution in [-0.2, 0) is 0 Å². The van der Waals surface area contributed by atoms with Gasteiger partial charge in [0.25, 0.3) is 0 Å². The van der Waals surface area contributed by atoms with Gasteiger partial charge in [0, 0.05) is 25.4 Å². The van der Waals surface area contributed by atoms with Gasteiger partial charge in [0.15, 0.2) is 0 Å². The molecule has 0 radical (unpaired) electrons. The second kappa shape index (κ2) is 5.30. The molecule has 1 aromatic rings. The van der Waals surface area contributed by atoms with Crippen LogP contribution in [0, 0.1) is 6.92 Å². The Labute approximate surface area is 97.1 Å². The first-order valence-electron chi connectivity index (χ1n) is 6.11. The van der Waals surface area contributed by atoms with Crippen LogP contribution < -0.4 is 4.90 Å². The number of hydrogen-bond donors (Lipinski definition) is 1. The lowest BCUT2D eigenvalue weighted by Crippen LogP contribution is -2.40. The molecule has 0 aromatic carbocycles. The molecule has 1 aliphatic rings. The number of anilines is 1. The van der Waals surface area contributed by atoms with Gasteiger partial charge in [0.1, 0.15) is 5.82 Å². The van der Waals surface area contributed by atoms with E-state index in [-0.39, 0.29) is 6.61 Å². The zero-order valence-corrected chi connectivity index (χ0v) is 9.89. The Morgan fingerprint density at radius 3 is 3.00 bits per heavy atom. The molecule has 1 atom stereocenters. The fourth-order valence-electron chi connectivity index (χ4n) is 2.38. The van der Waals surface area contributed by atoms with Crippen molar-refractivity contribution in [3.63, 3.8) is 0 Å². The number of aliphatic hydroxyl groups excluding tert-OH is 1. The predicted molar refractivity (Wildman–Crippen MR) is 65.7 cm³/mol. The van der Waals surface area contributed by atoms with Crippen molar-refractivity contribution in [2.45, 2.75) is 38.6 Å². The Balaban J connectivity index is 2.13. The Morgan fingerprint density at radius 1 is 1.44 bits per heavy atom. The fourth-order valence-corrected chi connectivity index (χ4v) is 2.38. The highest BCUT2D eigenvalue weighted by molar-refractivity contribution is 5.40. The highest BCUT2D eigenvalue weighted by Gasteiger charge is 2.22. The number of aliphatic hydroxyl groups is 1. The molecule has 0 spiro atoms. The molecule has 1 fully saturated rings. The van der Waals surface area contributed by atoms with E-state index in [9.17, 15) is 0 Å². The molecule has 1 saturated heterocycles. The standard InChI is InChI=1S/C13H20N2O/c1-11-5-6-13(14-10-11)15-8-3-2-4-12(15)7-9-16/h5-6,10,12,16H,2-4,7-9H2,1H3. The maximum Gasteiger partial charge on any atom is 0.128 e. The van der Waals surface area contributed by atoms with Crippen LogP contribution in [0.5, 0.6) is 0 Å². The van der Waals surface area contributed by atoms with Crippen LogP contribution in [0.1, 0.15) is 31.2 Å². The summed E-state index contributed by atoms with van der Waals surface area (Å²) in [7, 11) is 0. The van der Waals surface area contributed by atoms with E-state index in [1.165, 1.54) is 24.8 Å². The molecule has 1 N–H and O–H groups in total. The maximum atomic E-state index is 9.08. The van der Waals surface area contributed by atoms with Crippen LogP contribution in [0.3, 0.4) is 0 Å². The Kier molecular flexibility index (Phi) is 3.78. The van der Waals surface area contributed by atoms with Gasteiger partial charge in [-0.1, -0.05) is 6.07 Å². The van der Waals surface area contributed by atoms with Crippen LogP contribution in [0.25, 0.3) is 0 Å². The van der Waals surface area contributed by atoms with Crippen molar-refractivity contribution in [3.8, 4) is 0 Å². The van der Waals surface area contributed by atoms with Crippen molar-refractivity contribution in [2.24, 2.45) is 0 Å². The van der Waals surface area contributed by atoms with Gasteiger partial charge in [-0.05, 0) is 44.2 Å². The average Bonchev–Trinajstić information content (AvgIpc) is 2.32. The summed E-state index contributed by atoms with van der Waals surface area (Å²) in [6.07, 6.45) is 6.45. The molecular weight excluding hydrogens is 200 g/mol. The third-order valence-electron chi connectivity index (χ3n) is 3.28. The summed E-state index contributed by atoms with van der Waals surface area (Å²) in [5, 5.41) is 9.08. The zero-order valence-electron chi connectivity index (χ0n) is 9.89. The highest BCUT2D eigenvalue weighted by Crippen LogP contribution is 2.24. The van der Waals surface area contributed by atoms with Crippen LogP contribution in [-0.4, -0.2) is 29.3 Å². The number of hydrogen-bond acceptors (Lipinski definition) is 3. The second-order valence-electron chi connectivity index (χ2n) is 4.55. The maximum absolute atomic E-state index is 9.08. The fraction of sp³-hybridized carbons (Fsp3) is 0.615. The van der Waals surface area contributed by atoms with Gasteiger partial charge in [-0.15, -0.1) is 0 Å². The lowest BCUT2D eigenvalue weighted by atomic mass is 9.99. The number of piperidine rings is 1. The molecular formula is C13H20N2O. The first-order chi connectivity index (χ1) is 7.81. The number of pyridine rings is 1. The quantitative estimate of drug-likeness (QED) is 0.847. The van der Waals surface area contributed by atoms with Gasteiger partial charge in [-0.2, -0.15) is 0 Å². The van der Waals surface area contributed by atoms with Crippen LogP contribution >= 0.6 is 0 Å². The van der Waals surface area contributed by atoms with E-state index in [1.54, 1.807) is 0 Å². The monoisotopic (exact) mass is 220 g/mol. The van der Waals surface area contributed by atoms with E-state index < -0.39 is 0 Å². The van der Waals surface area contributed by atoms with Gasteiger partial charge in [-0.25, -0.2) is 4.98 Å². The summed E-state index contributed by atoms with van der Waals surface area (Å²) in [4.78, 5) is 6.83. The Morgan fingerprint density at radius 2 is 2.31 bits per heavy atom. The van der Waals surface area contributed by atoms with Crippen molar-refractivity contribution < 1.29 is 5.11 Å². The van der Waals surface area contributed by atoms with Gasteiger partial charge < -0.3 is 10.0 Å². The second-order valence-corrected chi connectivity index (χ2v) is 4.55. The first-order valence-corrected chi connectivity index (χ1v) is 6.11. The van der Waals surface area contributed by atoms with E-state index >= 15 is 0 Å². The topological polar surface area (TPSA) is 36.4 Å². The van der Waals surface area contributed by atoms with Crippen molar-refractivity contribution in [3.05, 3.63) is 23.9 Å². The summed E-state index contributed by atoms with van der Waals surface area (Å²) < 4.78 is 0. The summed E-state index contributed by atoms with van der Waals surface area (Å²) >= 11 is 0. The predicted octanol–water partition coefficient (Wildman–Crippen LogP) is 2.13. The van der Waals surface area contributed by atoms with Crippen molar-refractivity contribution in [2.75, 3.05) is 18.1 Å². The first kappa shape index (κ1) is 11.4. The minimum Gasteiger partial charge on any atom is -0.396 e. The normalized spacial score (nSPS) is 21.1. The Hall–Kier alpha value is -1.09. The van der Waals surface area contributed by atoms with E-state index in [2.05, 4.69) is 28.9 Å². The number of nitrogens with zero attached hydrogens (tertiary/aromatic N) is 2. The molecule has 2 rings (SSSR count). The number of aromatic nitrogens is 1. The lowest BCUT2D eigenvalue weighted by Gasteiger charge is -2.36. The minimum absolute atomic E-state index is 0.271. The molecule has 0 saturated carbocycles. The van der Waals surface area contributed by atoms with Gasteiger partial charge in [0.2, 0.25) is 0 Å². The van der Waals surface area contributed by atoms with Crippen LogP contribution in [0.15, 0.2) is 18.3 Å². The van der Waals surface area contributed by atoms with Crippen molar-refractivity contribution >= 4 is 5.82 Å². The lowest BCUT2D eigenvalue weighted by molar-refractivity contribution is 0.262. The molecule has 1 unspecified atom stereocenters. The minimum atomic E-state index is 0.271. The largest absolute Gasteiger partial charge is 0.396 e. The molecule has 0 aliphatic carbocycles. The summed E-state index contributed by atoms with van der Waals surface area (Å²) in [6.45, 7) is 3.39. The molecule has 16 heavy (non-hydrogen) atoms. The highest BCUT2D eigenvalue weighted by atomic mass is 16.3. The Bertz CT molecular complexity index is 321. The number of rotatable bonds is 3. The van der Waals surface area contributed by atoms with E-state index in [0.29, 0.717) is 6.04 Å². The SMILES string of the molecule is Cc1ccc(N2CCCCC2CCO)nc1. The van der Waals surface area contributed by atoms with Gasteiger partial charge in [0.05, 0.1) is 0 Å². The molecule has 0 amide bonds. The van der Waals surface area contributed by atoms with Crippen LogP contribution in [0.4, 0.5) is 5.82 Å². The molecule has 1 aromatic heterocycles. The molecule has 3 nitrogen and oxygen atoms in total. The summed E-state index contributed by atoms with van der Waals surface area (Å²) in [5.41, 5.74) is 1.19. The molecule has 1 aliphatic heterocycles. The average molecular weight is 220 g/mol. The molecule has 3 heteroatoms. The third-order valence-corrected chi connectivity index (χ3v) is 3.28. The van der Waals surface area contributed by atoms with E-state index in [0.717, 1.165) is 18.8 Å². The van der Waals surface area contributed by atoms with Crippen molar-refractivity contribution in [1.29, 1.82) is 0 Å². The number of aryl methyl sites for hydroxylation is 1. The van der Waals surface area contributed by atoms with Gasteiger partial charge in [-0.3, -0.25) is 0 Å². The molecule has 0 bridgehead atoms. The van der Waals surface area contributed by atoms with Crippen molar-refractivity contribution in [1.82, 2.24) is 4.98 Å². The van der Waals surface area contributed by atoms with E-state index in [4.69, 9.17) is 5.11 Å². The van der Waals surface area contributed by atoms with E-state index in [1.807, 2.05) is 6.20 Å². The van der Waals surface area contributed by atoms with Crippen LogP contribution in [0.2, 0.25) is 0 Å². The zero-order chi connectivity index (χ0) is 11.4. The summed E-state index contributed by atoms with van der Waals surface area (Å²) in [6, 6.07) is 4.66. The summed E-state index contributed by atoms with van der Waals surface area (Å²) in [5.74, 6) is 1.06. The van der Waals surface area contributed by atoms with Gasteiger partial charge >= 0.3 is 0 Å². The molecule has 2 heterocycles.